The summed E-state index contributed by atoms with van der Waals surface area (Å²) < 4.78 is 1.66. The Morgan fingerprint density at radius 3 is 2.77 bits per heavy atom. The van der Waals surface area contributed by atoms with Crippen molar-refractivity contribution in [2.75, 3.05) is 13.1 Å². The SMILES string of the molecule is Cl.NC(=O)c1cn(C2CNC2)nn1. The third-order valence-electron chi connectivity index (χ3n) is 1.90. The van der Waals surface area contributed by atoms with E-state index in [0.29, 0.717) is 6.04 Å². The van der Waals surface area contributed by atoms with Crippen LogP contribution in [0.25, 0.3) is 0 Å². The van der Waals surface area contributed by atoms with Gasteiger partial charge in [0.15, 0.2) is 5.69 Å². The largest absolute Gasteiger partial charge is 0.364 e. The number of hydrogen-bond donors (Lipinski definition) is 2. The minimum Gasteiger partial charge on any atom is -0.364 e. The summed E-state index contributed by atoms with van der Waals surface area (Å²) in [6, 6.07) is 0.325. The quantitative estimate of drug-likeness (QED) is 0.642. The lowest BCUT2D eigenvalue weighted by Crippen LogP contribution is -2.43. The van der Waals surface area contributed by atoms with E-state index in [0.717, 1.165) is 13.1 Å². The first-order valence-corrected chi connectivity index (χ1v) is 3.70. The molecule has 0 aromatic carbocycles. The number of rotatable bonds is 2. The highest BCUT2D eigenvalue weighted by molar-refractivity contribution is 5.90. The number of carbonyl (C=O) groups excluding carboxylic acids is 1. The van der Waals surface area contributed by atoms with Gasteiger partial charge in [-0.05, 0) is 0 Å². The van der Waals surface area contributed by atoms with E-state index in [1.165, 1.54) is 0 Å². The summed E-state index contributed by atoms with van der Waals surface area (Å²) in [6.45, 7) is 1.75. The van der Waals surface area contributed by atoms with Crippen LogP contribution in [-0.2, 0) is 0 Å². The van der Waals surface area contributed by atoms with Gasteiger partial charge >= 0.3 is 0 Å². The Balaban J connectivity index is 0.000000845. The molecule has 1 aliphatic heterocycles. The standard InChI is InChI=1S/C6H9N5O.ClH/c7-6(12)5-3-11(10-9-5)4-1-8-2-4;/h3-4,8H,1-2H2,(H2,7,12);1H. The van der Waals surface area contributed by atoms with Gasteiger partial charge in [-0.1, -0.05) is 5.21 Å². The normalized spacial score (nSPS) is 16.0. The zero-order valence-corrected chi connectivity index (χ0v) is 7.62. The van der Waals surface area contributed by atoms with Crippen molar-refractivity contribution < 1.29 is 4.79 Å². The highest BCUT2D eigenvalue weighted by Gasteiger charge is 2.20. The summed E-state index contributed by atoms with van der Waals surface area (Å²) in [5, 5.41) is 10.5. The summed E-state index contributed by atoms with van der Waals surface area (Å²) in [5.74, 6) is -0.534. The zero-order valence-electron chi connectivity index (χ0n) is 6.80. The number of nitrogens with one attached hydrogen (secondary N) is 1. The molecule has 0 unspecified atom stereocenters. The van der Waals surface area contributed by atoms with E-state index >= 15 is 0 Å². The van der Waals surface area contributed by atoms with Crippen LogP contribution < -0.4 is 11.1 Å². The van der Waals surface area contributed by atoms with Crippen molar-refractivity contribution in [1.29, 1.82) is 0 Å². The van der Waals surface area contributed by atoms with Gasteiger partial charge < -0.3 is 11.1 Å². The third-order valence-corrected chi connectivity index (χ3v) is 1.90. The van der Waals surface area contributed by atoms with Gasteiger partial charge in [-0.3, -0.25) is 4.79 Å². The third kappa shape index (κ3) is 1.78. The van der Waals surface area contributed by atoms with Gasteiger partial charge in [0.1, 0.15) is 0 Å². The van der Waals surface area contributed by atoms with Crippen LogP contribution in [0.2, 0.25) is 0 Å². The van der Waals surface area contributed by atoms with Crippen LogP contribution >= 0.6 is 12.4 Å². The van der Waals surface area contributed by atoms with E-state index in [1.807, 2.05) is 0 Å². The first kappa shape index (κ1) is 9.94. The van der Waals surface area contributed by atoms with Gasteiger partial charge in [-0.15, -0.1) is 17.5 Å². The maximum atomic E-state index is 10.6. The first-order valence-electron chi connectivity index (χ1n) is 3.70. The Bertz CT molecular complexity index is 308. The molecule has 72 valence electrons. The van der Waals surface area contributed by atoms with E-state index in [4.69, 9.17) is 5.73 Å². The minimum absolute atomic E-state index is 0. The van der Waals surface area contributed by atoms with Crippen molar-refractivity contribution in [2.24, 2.45) is 5.73 Å². The topological polar surface area (TPSA) is 85.8 Å². The molecule has 13 heavy (non-hydrogen) atoms. The number of nitrogens with two attached hydrogens (primary N) is 1. The smallest absolute Gasteiger partial charge is 0.270 e. The van der Waals surface area contributed by atoms with Gasteiger partial charge in [0.05, 0.1) is 12.2 Å². The van der Waals surface area contributed by atoms with Crippen molar-refractivity contribution in [2.45, 2.75) is 6.04 Å². The molecule has 1 amide bonds. The van der Waals surface area contributed by atoms with Crippen LogP contribution in [0.3, 0.4) is 0 Å². The molecular weight excluding hydrogens is 194 g/mol. The molecule has 1 saturated heterocycles. The van der Waals surface area contributed by atoms with Crippen molar-refractivity contribution in [1.82, 2.24) is 20.3 Å². The molecule has 2 rings (SSSR count). The van der Waals surface area contributed by atoms with E-state index in [-0.39, 0.29) is 18.1 Å². The number of halogens is 1. The van der Waals surface area contributed by atoms with E-state index in [1.54, 1.807) is 10.9 Å². The van der Waals surface area contributed by atoms with Gasteiger partial charge in [0, 0.05) is 13.1 Å². The van der Waals surface area contributed by atoms with Crippen LogP contribution in [0.4, 0.5) is 0 Å². The van der Waals surface area contributed by atoms with Crippen LogP contribution in [0.1, 0.15) is 16.5 Å². The number of hydrogen-bond acceptors (Lipinski definition) is 4. The lowest BCUT2D eigenvalue weighted by molar-refractivity contribution is 0.0995. The highest BCUT2D eigenvalue weighted by atomic mass is 35.5. The van der Waals surface area contributed by atoms with Crippen molar-refractivity contribution in [3.05, 3.63) is 11.9 Å². The van der Waals surface area contributed by atoms with Crippen LogP contribution in [0.15, 0.2) is 6.20 Å². The van der Waals surface area contributed by atoms with Crippen LogP contribution in [0, 0.1) is 0 Å². The minimum atomic E-state index is -0.534. The molecule has 1 aliphatic rings. The van der Waals surface area contributed by atoms with Gasteiger partial charge in [0.25, 0.3) is 5.91 Å². The molecule has 1 aromatic heterocycles. The molecule has 0 aliphatic carbocycles. The molecule has 0 spiro atoms. The van der Waals surface area contributed by atoms with E-state index in [2.05, 4.69) is 15.6 Å². The van der Waals surface area contributed by atoms with Gasteiger partial charge in [-0.25, -0.2) is 4.68 Å². The molecule has 2 heterocycles. The van der Waals surface area contributed by atoms with Gasteiger partial charge in [0.2, 0.25) is 0 Å². The summed E-state index contributed by atoms with van der Waals surface area (Å²) in [7, 11) is 0. The monoisotopic (exact) mass is 203 g/mol. The van der Waals surface area contributed by atoms with Crippen molar-refractivity contribution in [3.8, 4) is 0 Å². The molecule has 7 heteroatoms. The first-order chi connectivity index (χ1) is 5.77. The second kappa shape index (κ2) is 3.71. The number of carbonyl (C=O) groups is 1. The Hall–Kier alpha value is -1.14. The molecule has 6 nitrogen and oxygen atoms in total. The van der Waals surface area contributed by atoms with E-state index < -0.39 is 5.91 Å². The maximum absolute atomic E-state index is 10.6. The average Bonchev–Trinajstić information content (AvgIpc) is 2.32. The van der Waals surface area contributed by atoms with Crippen molar-refractivity contribution >= 4 is 18.3 Å². The maximum Gasteiger partial charge on any atom is 0.270 e. The fourth-order valence-corrected chi connectivity index (χ4v) is 1.03. The molecule has 0 saturated carbocycles. The average molecular weight is 204 g/mol. The molecule has 0 atom stereocenters. The Labute approximate surface area is 80.9 Å². The highest BCUT2D eigenvalue weighted by Crippen LogP contribution is 2.09. The molecule has 0 radical (unpaired) electrons. The summed E-state index contributed by atoms with van der Waals surface area (Å²) in [5.41, 5.74) is 5.24. The molecule has 3 N–H and O–H groups in total. The molecular formula is C6H10ClN5O. The predicted octanol–water partition coefficient (Wildman–Crippen LogP) is -1.06. The molecule has 1 aromatic rings. The summed E-state index contributed by atoms with van der Waals surface area (Å²) in [4.78, 5) is 10.6. The number of nitrogens with zero attached hydrogens (tertiary/aromatic N) is 3. The molecule has 1 fully saturated rings. The van der Waals surface area contributed by atoms with E-state index in [9.17, 15) is 4.79 Å². The second-order valence-corrected chi connectivity index (χ2v) is 2.76. The lowest BCUT2D eigenvalue weighted by atomic mass is 10.2. The number of primary amides is 1. The van der Waals surface area contributed by atoms with Crippen molar-refractivity contribution in [3.63, 3.8) is 0 Å². The fourth-order valence-electron chi connectivity index (χ4n) is 1.03. The zero-order chi connectivity index (χ0) is 8.55. The van der Waals surface area contributed by atoms with Gasteiger partial charge in [-0.2, -0.15) is 0 Å². The Kier molecular flexibility index (Phi) is 2.84. The molecule has 0 bridgehead atoms. The predicted molar refractivity (Wildman–Crippen MR) is 47.7 cm³/mol. The Morgan fingerprint density at radius 1 is 1.69 bits per heavy atom. The van der Waals surface area contributed by atoms with Crippen LogP contribution in [-0.4, -0.2) is 34.0 Å². The summed E-state index contributed by atoms with van der Waals surface area (Å²) >= 11 is 0. The second-order valence-electron chi connectivity index (χ2n) is 2.76. The fraction of sp³-hybridized carbons (Fsp3) is 0.500. The lowest BCUT2D eigenvalue weighted by Gasteiger charge is -2.26. The summed E-state index contributed by atoms with van der Waals surface area (Å²) in [6.07, 6.45) is 1.58. The Morgan fingerprint density at radius 2 is 2.38 bits per heavy atom. The number of amides is 1. The van der Waals surface area contributed by atoms with Crippen LogP contribution in [0.5, 0.6) is 0 Å². The number of aromatic nitrogens is 3.